The summed E-state index contributed by atoms with van der Waals surface area (Å²) in [5.74, 6) is -0.0117. The van der Waals surface area contributed by atoms with Gasteiger partial charge in [0.1, 0.15) is 6.61 Å². The van der Waals surface area contributed by atoms with Crippen LogP contribution in [0, 0.1) is 0 Å². The molecule has 1 amide bonds. The van der Waals surface area contributed by atoms with Gasteiger partial charge in [-0.3, -0.25) is 4.79 Å². The van der Waals surface area contributed by atoms with E-state index < -0.39 is 0 Å². The average Bonchev–Trinajstić information content (AvgIpc) is 2.53. The maximum atomic E-state index is 11.2. The Balaban J connectivity index is 2.09. The van der Waals surface area contributed by atoms with Gasteiger partial charge in [-0.05, 0) is 26.8 Å². The van der Waals surface area contributed by atoms with Crippen molar-refractivity contribution in [2.45, 2.75) is 32.4 Å². The molecule has 13 heavy (non-hydrogen) atoms. The van der Waals surface area contributed by atoms with Gasteiger partial charge in [-0.1, -0.05) is 0 Å². The van der Waals surface area contributed by atoms with E-state index in [1.54, 1.807) is 0 Å². The largest absolute Gasteiger partial charge is 0.369 e. The summed E-state index contributed by atoms with van der Waals surface area (Å²) in [6.07, 6.45) is 1.14. The number of amides is 1. The van der Waals surface area contributed by atoms with Crippen LogP contribution >= 0.6 is 0 Å². The lowest BCUT2D eigenvalue weighted by Gasteiger charge is -2.12. The normalized spacial score (nSPS) is 22.2. The predicted molar refractivity (Wildman–Crippen MR) is 50.5 cm³/mol. The molecule has 4 nitrogen and oxygen atoms in total. The number of ether oxygens (including phenoxy) is 1. The maximum Gasteiger partial charge on any atom is 0.246 e. The lowest BCUT2D eigenvalue weighted by atomic mass is 10.2. The number of nitrogens with one attached hydrogen (secondary N) is 2. The minimum atomic E-state index is -0.0117. The van der Waals surface area contributed by atoms with Crippen molar-refractivity contribution in [2.75, 3.05) is 19.7 Å². The van der Waals surface area contributed by atoms with Gasteiger partial charge in [0.2, 0.25) is 5.91 Å². The Morgan fingerprint density at radius 1 is 1.69 bits per heavy atom. The van der Waals surface area contributed by atoms with Crippen LogP contribution in [-0.2, 0) is 9.53 Å². The molecular formula is C9H18N2O2. The molecular weight excluding hydrogens is 168 g/mol. The third-order valence-electron chi connectivity index (χ3n) is 1.97. The molecule has 4 heteroatoms. The van der Waals surface area contributed by atoms with Crippen molar-refractivity contribution in [2.24, 2.45) is 0 Å². The van der Waals surface area contributed by atoms with Crippen molar-refractivity contribution in [3.8, 4) is 0 Å². The third kappa shape index (κ3) is 4.24. The van der Waals surface area contributed by atoms with Crippen molar-refractivity contribution in [3.05, 3.63) is 0 Å². The number of carbonyl (C=O) groups excluding carboxylic acids is 1. The van der Waals surface area contributed by atoms with E-state index in [1.165, 1.54) is 0 Å². The first kappa shape index (κ1) is 10.5. The molecule has 0 aromatic heterocycles. The molecule has 1 heterocycles. The van der Waals surface area contributed by atoms with Crippen molar-refractivity contribution in [1.29, 1.82) is 0 Å². The first-order valence-electron chi connectivity index (χ1n) is 4.80. The molecule has 0 aliphatic carbocycles. The van der Waals surface area contributed by atoms with Crippen LogP contribution in [-0.4, -0.2) is 37.7 Å². The van der Waals surface area contributed by atoms with Crippen LogP contribution in [0.3, 0.4) is 0 Å². The smallest absolute Gasteiger partial charge is 0.246 e. The zero-order valence-electron chi connectivity index (χ0n) is 8.30. The Hall–Kier alpha value is -0.610. The second-order valence-electron chi connectivity index (χ2n) is 3.62. The third-order valence-corrected chi connectivity index (χ3v) is 1.97. The molecule has 0 spiro atoms. The number of hydrogen-bond donors (Lipinski definition) is 2. The van der Waals surface area contributed by atoms with Gasteiger partial charge in [-0.25, -0.2) is 0 Å². The molecule has 1 saturated heterocycles. The van der Waals surface area contributed by atoms with E-state index in [0.717, 1.165) is 19.5 Å². The van der Waals surface area contributed by atoms with Crippen LogP contribution in [0.1, 0.15) is 20.3 Å². The van der Waals surface area contributed by atoms with Crippen molar-refractivity contribution >= 4 is 5.91 Å². The van der Waals surface area contributed by atoms with Gasteiger partial charge in [-0.15, -0.1) is 0 Å². The zero-order valence-corrected chi connectivity index (χ0v) is 8.30. The molecule has 0 unspecified atom stereocenters. The summed E-state index contributed by atoms with van der Waals surface area (Å²) < 4.78 is 5.18. The summed E-state index contributed by atoms with van der Waals surface area (Å²) in [6, 6.07) is 0.295. The minimum Gasteiger partial charge on any atom is -0.369 e. The number of carbonyl (C=O) groups is 1. The van der Waals surface area contributed by atoms with Gasteiger partial charge >= 0.3 is 0 Å². The Bertz CT molecular complexity index is 165. The highest BCUT2D eigenvalue weighted by molar-refractivity contribution is 5.77. The van der Waals surface area contributed by atoms with Crippen LogP contribution < -0.4 is 10.6 Å². The van der Waals surface area contributed by atoms with Crippen LogP contribution in [0.15, 0.2) is 0 Å². The fraction of sp³-hybridized carbons (Fsp3) is 0.889. The molecule has 0 radical (unpaired) electrons. The maximum absolute atomic E-state index is 11.2. The van der Waals surface area contributed by atoms with Gasteiger partial charge in [-0.2, -0.15) is 0 Å². The minimum absolute atomic E-state index is 0.0117. The second-order valence-corrected chi connectivity index (χ2v) is 3.62. The van der Waals surface area contributed by atoms with Crippen LogP contribution in [0.2, 0.25) is 0 Å². The van der Waals surface area contributed by atoms with Gasteiger partial charge < -0.3 is 15.4 Å². The first-order valence-corrected chi connectivity index (χ1v) is 4.80. The van der Waals surface area contributed by atoms with Gasteiger partial charge in [0.25, 0.3) is 0 Å². The quantitative estimate of drug-likeness (QED) is 0.644. The zero-order chi connectivity index (χ0) is 9.68. The van der Waals surface area contributed by atoms with Crippen molar-refractivity contribution < 1.29 is 9.53 Å². The highest BCUT2D eigenvalue weighted by Crippen LogP contribution is 1.96. The molecule has 0 bridgehead atoms. The standard InChI is InChI=1S/C9H18N2O2/c1-7(2)13-6-9(12)11-8-3-4-10-5-8/h7-8,10H,3-6H2,1-2H3,(H,11,12)/t8-/m0/s1. The van der Waals surface area contributed by atoms with Crippen LogP contribution in [0.4, 0.5) is 0 Å². The topological polar surface area (TPSA) is 50.4 Å². The average molecular weight is 186 g/mol. The van der Waals surface area contributed by atoms with Gasteiger partial charge in [0, 0.05) is 12.6 Å². The molecule has 0 aromatic carbocycles. The monoisotopic (exact) mass is 186 g/mol. The van der Waals surface area contributed by atoms with E-state index in [9.17, 15) is 4.79 Å². The van der Waals surface area contributed by atoms with Gasteiger partial charge in [0.05, 0.1) is 6.10 Å². The molecule has 1 atom stereocenters. The molecule has 76 valence electrons. The molecule has 2 N–H and O–H groups in total. The van der Waals surface area contributed by atoms with Gasteiger partial charge in [0.15, 0.2) is 0 Å². The first-order chi connectivity index (χ1) is 6.18. The summed E-state index contributed by atoms with van der Waals surface area (Å²) >= 11 is 0. The molecule has 1 rings (SSSR count). The van der Waals surface area contributed by atoms with E-state index in [-0.39, 0.29) is 18.6 Å². The predicted octanol–water partition coefficient (Wildman–Crippen LogP) is -0.110. The summed E-state index contributed by atoms with van der Waals surface area (Å²) in [4.78, 5) is 11.2. The number of rotatable bonds is 4. The van der Waals surface area contributed by atoms with E-state index >= 15 is 0 Å². The van der Waals surface area contributed by atoms with Crippen molar-refractivity contribution in [1.82, 2.24) is 10.6 Å². The Kier molecular flexibility index (Phi) is 4.18. The molecule has 1 aliphatic rings. The summed E-state index contributed by atoms with van der Waals surface area (Å²) in [6.45, 7) is 5.90. The fourth-order valence-electron chi connectivity index (χ4n) is 1.29. The van der Waals surface area contributed by atoms with E-state index in [2.05, 4.69) is 10.6 Å². The SMILES string of the molecule is CC(C)OCC(=O)N[C@H]1CCNC1. The lowest BCUT2D eigenvalue weighted by molar-refractivity contribution is -0.127. The molecule has 0 saturated carbocycles. The number of hydrogen-bond acceptors (Lipinski definition) is 3. The Morgan fingerprint density at radius 2 is 2.46 bits per heavy atom. The van der Waals surface area contributed by atoms with Crippen LogP contribution in [0.25, 0.3) is 0 Å². The van der Waals surface area contributed by atoms with E-state index in [4.69, 9.17) is 4.74 Å². The summed E-state index contributed by atoms with van der Waals surface area (Å²) in [5, 5.41) is 6.09. The lowest BCUT2D eigenvalue weighted by Crippen LogP contribution is -2.38. The Labute approximate surface area is 79.0 Å². The fourth-order valence-corrected chi connectivity index (χ4v) is 1.29. The highest BCUT2D eigenvalue weighted by Gasteiger charge is 2.16. The van der Waals surface area contributed by atoms with Crippen LogP contribution in [0.5, 0.6) is 0 Å². The van der Waals surface area contributed by atoms with Crippen molar-refractivity contribution in [3.63, 3.8) is 0 Å². The summed E-state index contributed by atoms with van der Waals surface area (Å²) in [5.41, 5.74) is 0. The summed E-state index contributed by atoms with van der Waals surface area (Å²) in [7, 11) is 0. The highest BCUT2D eigenvalue weighted by atomic mass is 16.5. The molecule has 1 aliphatic heterocycles. The molecule has 1 fully saturated rings. The second kappa shape index (κ2) is 5.19. The van der Waals surface area contributed by atoms with E-state index in [1.807, 2.05) is 13.8 Å². The Morgan fingerprint density at radius 3 is 3.00 bits per heavy atom. The van der Waals surface area contributed by atoms with E-state index in [0.29, 0.717) is 6.04 Å². The molecule has 0 aromatic rings.